The lowest BCUT2D eigenvalue weighted by Gasteiger charge is -2.24. The molecule has 1 aliphatic carbocycles. The van der Waals surface area contributed by atoms with E-state index in [1.807, 2.05) is 34.7 Å². The van der Waals surface area contributed by atoms with Crippen molar-refractivity contribution in [2.24, 2.45) is 0 Å². The maximum atomic E-state index is 8.36. The van der Waals surface area contributed by atoms with Crippen LogP contribution in [0.4, 0.5) is 0 Å². The first kappa shape index (κ1) is 22.8. The van der Waals surface area contributed by atoms with Crippen molar-refractivity contribution < 1.29 is 15.0 Å². The summed E-state index contributed by atoms with van der Waals surface area (Å²) in [5.41, 5.74) is 0.971. The minimum atomic E-state index is -1.50. The van der Waals surface area contributed by atoms with Crippen molar-refractivity contribution in [3.63, 3.8) is 0 Å². The van der Waals surface area contributed by atoms with Crippen LogP contribution in [0.3, 0.4) is 0 Å². The number of imidazole rings is 1. The van der Waals surface area contributed by atoms with Crippen molar-refractivity contribution in [3.05, 3.63) is 62.6 Å². The smallest absolute Gasteiger partial charge is 0.291 e. The average Bonchev–Trinajstić information content (AvgIpc) is 3.15. The molecule has 1 heterocycles. The minimum Gasteiger partial charge on any atom is -0.361 e. The summed E-state index contributed by atoms with van der Waals surface area (Å²) in [6, 6.07) is 5.59. The molecule has 0 radical (unpaired) electrons. The predicted octanol–water partition coefficient (Wildman–Crippen LogP) is 5.62. The molecule has 1 aromatic carbocycles. The largest absolute Gasteiger partial charge is 0.361 e. The van der Waals surface area contributed by atoms with E-state index in [9.17, 15) is 0 Å². The van der Waals surface area contributed by atoms with E-state index in [0.29, 0.717) is 22.5 Å². The zero-order valence-electron chi connectivity index (χ0n) is 15.2. The molecule has 0 spiro atoms. The van der Waals surface area contributed by atoms with Crippen molar-refractivity contribution >= 4 is 35.0 Å². The van der Waals surface area contributed by atoms with Gasteiger partial charge in [0.25, 0.3) is 5.09 Å². The molecule has 1 fully saturated rings. The molecule has 0 bridgehead atoms. The van der Waals surface area contributed by atoms with Crippen LogP contribution in [0.15, 0.2) is 36.9 Å². The molecule has 1 aromatic heterocycles. The first-order valence-corrected chi connectivity index (χ1v) is 10.7. The third kappa shape index (κ3) is 8.26. The first-order chi connectivity index (χ1) is 13.5. The molecule has 1 unspecified atom stereocenters. The van der Waals surface area contributed by atoms with Gasteiger partial charge in [-0.05, 0) is 25.0 Å². The van der Waals surface area contributed by atoms with E-state index >= 15 is 0 Å². The van der Waals surface area contributed by atoms with Gasteiger partial charge in [0.15, 0.2) is 0 Å². The molecule has 0 amide bonds. The Morgan fingerprint density at radius 1 is 1.36 bits per heavy atom. The zero-order valence-corrected chi connectivity index (χ0v) is 17.6. The standard InChI is InChI=1S/C18H22Cl2N2OS.HNO3/c19-14-6-7-16(17(20)10-14)18(11-22-9-8-21-12-22)23-13-24-15-4-2-1-3-5-15;2-1(3)4/h6-10,12,15,18H,1-5,11,13H2;(H,2,3,4). The fourth-order valence-corrected chi connectivity index (χ4v) is 4.67. The number of halogens is 2. The molecule has 2 aromatic rings. The fourth-order valence-electron chi connectivity index (χ4n) is 3.04. The van der Waals surface area contributed by atoms with Crippen LogP contribution in [0.5, 0.6) is 0 Å². The van der Waals surface area contributed by atoms with E-state index in [2.05, 4.69) is 4.98 Å². The van der Waals surface area contributed by atoms with Gasteiger partial charge in [0.1, 0.15) is 6.10 Å². The van der Waals surface area contributed by atoms with E-state index in [1.54, 1.807) is 18.6 Å². The summed E-state index contributed by atoms with van der Waals surface area (Å²) >= 11 is 14.3. The molecule has 0 aliphatic heterocycles. The normalized spacial score (nSPS) is 15.5. The monoisotopic (exact) mass is 447 g/mol. The third-order valence-electron chi connectivity index (χ3n) is 4.37. The van der Waals surface area contributed by atoms with Crippen LogP contribution < -0.4 is 0 Å². The Labute approximate surface area is 178 Å². The van der Waals surface area contributed by atoms with Gasteiger partial charge >= 0.3 is 0 Å². The Hall–Kier alpha value is -1.48. The van der Waals surface area contributed by atoms with Gasteiger partial charge in [0.05, 0.1) is 18.8 Å². The van der Waals surface area contributed by atoms with Crippen molar-refractivity contribution in [2.45, 2.75) is 50.0 Å². The minimum absolute atomic E-state index is 0.111. The van der Waals surface area contributed by atoms with Crippen molar-refractivity contribution in [1.82, 2.24) is 9.55 Å². The highest BCUT2D eigenvalue weighted by Gasteiger charge is 2.19. The first-order valence-electron chi connectivity index (χ1n) is 8.93. The highest BCUT2D eigenvalue weighted by atomic mass is 35.5. The van der Waals surface area contributed by atoms with E-state index in [0.717, 1.165) is 10.8 Å². The van der Waals surface area contributed by atoms with E-state index in [4.69, 9.17) is 43.3 Å². The topological polar surface area (TPSA) is 90.4 Å². The Morgan fingerprint density at radius 3 is 2.68 bits per heavy atom. The van der Waals surface area contributed by atoms with Gasteiger partial charge in [0, 0.05) is 33.3 Å². The van der Waals surface area contributed by atoms with Gasteiger partial charge in [-0.3, -0.25) is 0 Å². The van der Waals surface area contributed by atoms with E-state index in [1.165, 1.54) is 32.1 Å². The van der Waals surface area contributed by atoms with Crippen molar-refractivity contribution in [1.29, 1.82) is 0 Å². The number of benzene rings is 1. The molecule has 28 heavy (non-hydrogen) atoms. The molecule has 1 N–H and O–H groups in total. The Morgan fingerprint density at radius 2 is 2.07 bits per heavy atom. The average molecular weight is 448 g/mol. The van der Waals surface area contributed by atoms with Crippen LogP contribution in [0.25, 0.3) is 0 Å². The summed E-state index contributed by atoms with van der Waals surface area (Å²) in [6.07, 6.45) is 12.1. The molecular weight excluding hydrogens is 425 g/mol. The zero-order chi connectivity index (χ0) is 20.4. The van der Waals surface area contributed by atoms with E-state index in [-0.39, 0.29) is 6.10 Å². The second-order valence-electron chi connectivity index (χ2n) is 6.36. The molecule has 1 aliphatic rings. The maximum absolute atomic E-state index is 8.36. The van der Waals surface area contributed by atoms with Crippen LogP contribution >= 0.6 is 35.0 Å². The quantitative estimate of drug-likeness (QED) is 0.336. The van der Waals surface area contributed by atoms with Crippen LogP contribution in [-0.2, 0) is 11.3 Å². The second kappa shape index (κ2) is 12.2. The van der Waals surface area contributed by atoms with Crippen LogP contribution in [0, 0.1) is 10.1 Å². The van der Waals surface area contributed by atoms with Gasteiger partial charge in [0.2, 0.25) is 0 Å². The summed E-state index contributed by atoms with van der Waals surface area (Å²) in [7, 11) is 0. The van der Waals surface area contributed by atoms with Crippen LogP contribution in [-0.4, -0.2) is 31.0 Å². The summed E-state index contributed by atoms with van der Waals surface area (Å²) in [5, 5.41) is 15.7. The summed E-state index contributed by atoms with van der Waals surface area (Å²) in [4.78, 5) is 12.5. The fraction of sp³-hybridized carbons (Fsp3) is 0.500. The van der Waals surface area contributed by atoms with Gasteiger partial charge in [-0.1, -0.05) is 48.5 Å². The number of rotatable bonds is 7. The van der Waals surface area contributed by atoms with Crippen molar-refractivity contribution in [3.8, 4) is 0 Å². The lowest BCUT2D eigenvalue weighted by atomic mass is 10.0. The van der Waals surface area contributed by atoms with Crippen LogP contribution in [0.2, 0.25) is 10.0 Å². The van der Waals surface area contributed by atoms with Gasteiger partial charge < -0.3 is 14.5 Å². The summed E-state index contributed by atoms with van der Waals surface area (Å²) in [5.74, 6) is 0.684. The summed E-state index contributed by atoms with van der Waals surface area (Å²) in [6.45, 7) is 0.687. The molecule has 154 valence electrons. The number of ether oxygens (including phenoxy) is 1. The Kier molecular flexibility index (Phi) is 9.91. The second-order valence-corrected chi connectivity index (χ2v) is 8.44. The molecule has 10 heteroatoms. The molecule has 1 saturated carbocycles. The Bertz CT molecular complexity index is 724. The molecular formula is C18H23Cl2N3O4S. The van der Waals surface area contributed by atoms with Gasteiger partial charge in [-0.15, -0.1) is 21.9 Å². The maximum Gasteiger partial charge on any atom is 0.291 e. The number of aromatic nitrogens is 2. The number of hydrogen-bond donors (Lipinski definition) is 1. The van der Waals surface area contributed by atoms with Crippen molar-refractivity contribution in [2.75, 3.05) is 5.94 Å². The number of nitrogens with zero attached hydrogens (tertiary/aromatic N) is 3. The third-order valence-corrected chi connectivity index (χ3v) is 6.15. The highest BCUT2D eigenvalue weighted by molar-refractivity contribution is 7.99. The van der Waals surface area contributed by atoms with Gasteiger partial charge in [-0.25, -0.2) is 4.98 Å². The SMILES string of the molecule is Clc1ccc(C(Cn2ccnc2)OCSC2CCCCC2)c(Cl)c1.O=[N+]([O-])O. The lowest BCUT2D eigenvalue weighted by Crippen LogP contribution is -2.15. The van der Waals surface area contributed by atoms with E-state index < -0.39 is 5.09 Å². The summed E-state index contributed by atoms with van der Waals surface area (Å²) < 4.78 is 8.23. The molecule has 7 nitrogen and oxygen atoms in total. The predicted molar refractivity (Wildman–Crippen MR) is 111 cm³/mol. The van der Waals surface area contributed by atoms with Crippen LogP contribution in [0.1, 0.15) is 43.8 Å². The van der Waals surface area contributed by atoms with Gasteiger partial charge in [-0.2, -0.15) is 0 Å². The Balaban J connectivity index is 0.000000640. The highest BCUT2D eigenvalue weighted by Crippen LogP contribution is 2.33. The number of thioether (sulfide) groups is 1. The molecule has 3 rings (SSSR count). The molecule has 1 atom stereocenters. The molecule has 0 saturated heterocycles. The number of hydrogen-bond acceptors (Lipinski definition) is 5. The lowest BCUT2D eigenvalue weighted by molar-refractivity contribution is -0.742.